The molecular formula is C10H15N3. The van der Waals surface area contributed by atoms with E-state index in [0.29, 0.717) is 5.71 Å². The number of nitrogens with two attached hydrogens (primary N) is 2. The predicted molar refractivity (Wildman–Crippen MR) is 55.4 cm³/mol. The third-order valence-electron chi connectivity index (χ3n) is 1.79. The monoisotopic (exact) mass is 177 g/mol. The normalized spacial score (nSPS) is 13.0. The first-order chi connectivity index (χ1) is 6.05. The lowest BCUT2D eigenvalue weighted by Crippen LogP contribution is -2.42. The van der Waals surface area contributed by atoms with Crippen molar-refractivity contribution in [1.82, 2.24) is 0 Å². The van der Waals surface area contributed by atoms with E-state index in [9.17, 15) is 0 Å². The summed E-state index contributed by atoms with van der Waals surface area (Å²) in [6.45, 7) is 3.76. The molecule has 1 aromatic rings. The van der Waals surface area contributed by atoms with Gasteiger partial charge in [0, 0.05) is 0 Å². The van der Waals surface area contributed by atoms with Crippen LogP contribution < -0.4 is 11.6 Å². The molecule has 0 unspecified atom stereocenters. The Balaban J connectivity index is 3.08. The molecule has 4 N–H and O–H groups in total. The van der Waals surface area contributed by atoms with E-state index in [1.54, 1.807) is 0 Å². The van der Waals surface area contributed by atoms with Crippen LogP contribution in [0.3, 0.4) is 0 Å². The summed E-state index contributed by atoms with van der Waals surface area (Å²) in [6, 6.07) is 9.71. The highest BCUT2D eigenvalue weighted by atomic mass is 15.1. The Bertz CT molecular complexity index is 296. The van der Waals surface area contributed by atoms with Crippen LogP contribution in [-0.4, -0.2) is 11.3 Å². The molecule has 3 heteroatoms. The molecule has 0 fully saturated rings. The second-order valence-electron chi connectivity index (χ2n) is 3.57. The van der Waals surface area contributed by atoms with Crippen LogP contribution in [0, 0.1) is 0 Å². The van der Waals surface area contributed by atoms with Crippen molar-refractivity contribution in [2.75, 3.05) is 0 Å². The third kappa shape index (κ3) is 2.29. The highest BCUT2D eigenvalue weighted by molar-refractivity contribution is 6.06. The second-order valence-corrected chi connectivity index (χ2v) is 3.57. The molecule has 0 amide bonds. The van der Waals surface area contributed by atoms with Gasteiger partial charge < -0.3 is 11.6 Å². The molecule has 0 saturated heterocycles. The molecule has 0 atom stereocenters. The van der Waals surface area contributed by atoms with Gasteiger partial charge in [-0.25, -0.2) is 0 Å². The number of hydrogen-bond donors (Lipinski definition) is 2. The van der Waals surface area contributed by atoms with Gasteiger partial charge in [0.2, 0.25) is 0 Å². The van der Waals surface area contributed by atoms with Gasteiger partial charge in [-0.15, -0.1) is 0 Å². The molecule has 0 heterocycles. The lowest BCUT2D eigenvalue weighted by Gasteiger charge is -2.20. The molecule has 13 heavy (non-hydrogen) atoms. The van der Waals surface area contributed by atoms with Gasteiger partial charge in [-0.3, -0.25) is 0 Å². The number of benzene rings is 1. The van der Waals surface area contributed by atoms with Crippen molar-refractivity contribution in [2.45, 2.75) is 19.4 Å². The molecule has 0 aliphatic carbocycles. The zero-order chi connectivity index (χ0) is 9.90. The quantitative estimate of drug-likeness (QED) is 0.403. The molecule has 0 radical (unpaired) electrons. The standard InChI is InChI=1S/C10H15N3/c1-10(2,11)9(13-12)8-6-4-3-5-7-8/h3-7H,11-12H2,1-2H3/b13-9-. The topological polar surface area (TPSA) is 64.4 Å². The van der Waals surface area contributed by atoms with Crippen LogP contribution in [0.25, 0.3) is 0 Å². The maximum Gasteiger partial charge on any atom is 0.0865 e. The van der Waals surface area contributed by atoms with Crippen LogP contribution in [0.4, 0.5) is 0 Å². The molecule has 0 aliphatic heterocycles. The largest absolute Gasteiger partial charge is 0.323 e. The molecule has 3 nitrogen and oxygen atoms in total. The van der Waals surface area contributed by atoms with Crippen LogP contribution in [0.2, 0.25) is 0 Å². The van der Waals surface area contributed by atoms with Crippen molar-refractivity contribution in [3.8, 4) is 0 Å². The number of hydrogen-bond acceptors (Lipinski definition) is 3. The van der Waals surface area contributed by atoms with Crippen molar-refractivity contribution in [3.05, 3.63) is 35.9 Å². The van der Waals surface area contributed by atoms with Gasteiger partial charge in [0.15, 0.2) is 0 Å². The van der Waals surface area contributed by atoms with E-state index in [-0.39, 0.29) is 0 Å². The molecule has 0 aliphatic rings. The number of hydrazone groups is 1. The maximum atomic E-state index is 5.91. The lowest BCUT2D eigenvalue weighted by atomic mass is 9.93. The highest BCUT2D eigenvalue weighted by Crippen LogP contribution is 2.10. The summed E-state index contributed by atoms with van der Waals surface area (Å²) in [7, 11) is 0. The summed E-state index contributed by atoms with van der Waals surface area (Å²) in [4.78, 5) is 0. The van der Waals surface area contributed by atoms with E-state index in [4.69, 9.17) is 11.6 Å². The van der Waals surface area contributed by atoms with Gasteiger partial charge in [-0.2, -0.15) is 5.10 Å². The average Bonchev–Trinajstić information content (AvgIpc) is 2.05. The Labute approximate surface area is 78.4 Å². The zero-order valence-electron chi connectivity index (χ0n) is 7.99. The van der Waals surface area contributed by atoms with Crippen LogP contribution in [0.1, 0.15) is 19.4 Å². The van der Waals surface area contributed by atoms with Gasteiger partial charge in [-0.05, 0) is 19.4 Å². The first kappa shape index (κ1) is 9.74. The Morgan fingerprint density at radius 1 is 1.23 bits per heavy atom. The van der Waals surface area contributed by atoms with Gasteiger partial charge in [0.05, 0.1) is 11.3 Å². The minimum atomic E-state index is -0.504. The van der Waals surface area contributed by atoms with E-state index < -0.39 is 5.54 Å². The SMILES string of the molecule is CC(C)(N)/C(=N\N)c1ccccc1. The summed E-state index contributed by atoms with van der Waals surface area (Å²) in [6.07, 6.45) is 0. The van der Waals surface area contributed by atoms with Crippen LogP contribution in [-0.2, 0) is 0 Å². The zero-order valence-corrected chi connectivity index (χ0v) is 7.99. The maximum absolute atomic E-state index is 5.91. The molecule has 0 spiro atoms. The van der Waals surface area contributed by atoms with Crippen molar-refractivity contribution < 1.29 is 0 Å². The fraction of sp³-hybridized carbons (Fsp3) is 0.300. The fourth-order valence-electron chi connectivity index (χ4n) is 1.21. The molecule has 0 aromatic heterocycles. The lowest BCUT2D eigenvalue weighted by molar-refractivity contribution is 0.696. The first-order valence-corrected chi connectivity index (χ1v) is 4.18. The number of nitrogens with zero attached hydrogens (tertiary/aromatic N) is 1. The Hall–Kier alpha value is -1.35. The molecular weight excluding hydrogens is 162 g/mol. The predicted octanol–water partition coefficient (Wildman–Crippen LogP) is 1.09. The van der Waals surface area contributed by atoms with E-state index in [1.165, 1.54) is 0 Å². The first-order valence-electron chi connectivity index (χ1n) is 4.18. The smallest absolute Gasteiger partial charge is 0.0865 e. The van der Waals surface area contributed by atoms with E-state index in [0.717, 1.165) is 5.56 Å². The van der Waals surface area contributed by atoms with Gasteiger partial charge in [-0.1, -0.05) is 30.3 Å². The minimum absolute atomic E-state index is 0.504. The van der Waals surface area contributed by atoms with Gasteiger partial charge >= 0.3 is 0 Å². The third-order valence-corrected chi connectivity index (χ3v) is 1.79. The van der Waals surface area contributed by atoms with Crippen molar-refractivity contribution in [2.24, 2.45) is 16.7 Å². The van der Waals surface area contributed by atoms with Gasteiger partial charge in [0.1, 0.15) is 0 Å². The summed E-state index contributed by atoms with van der Waals surface area (Å²) < 4.78 is 0. The molecule has 70 valence electrons. The fourth-order valence-corrected chi connectivity index (χ4v) is 1.21. The summed E-state index contributed by atoms with van der Waals surface area (Å²) in [5.41, 5.74) is 7.09. The second kappa shape index (κ2) is 3.58. The molecule has 0 bridgehead atoms. The molecule has 1 aromatic carbocycles. The van der Waals surface area contributed by atoms with Crippen molar-refractivity contribution >= 4 is 5.71 Å². The minimum Gasteiger partial charge on any atom is -0.323 e. The summed E-state index contributed by atoms with van der Waals surface area (Å²) in [5.74, 6) is 5.30. The van der Waals surface area contributed by atoms with Crippen LogP contribution in [0.15, 0.2) is 35.4 Å². The Kier molecular flexibility index (Phi) is 2.68. The van der Waals surface area contributed by atoms with Crippen molar-refractivity contribution in [3.63, 3.8) is 0 Å². The van der Waals surface area contributed by atoms with Crippen LogP contribution >= 0.6 is 0 Å². The van der Waals surface area contributed by atoms with Gasteiger partial charge in [0.25, 0.3) is 0 Å². The van der Waals surface area contributed by atoms with Crippen molar-refractivity contribution in [1.29, 1.82) is 0 Å². The number of rotatable bonds is 2. The van der Waals surface area contributed by atoms with E-state index in [2.05, 4.69) is 5.10 Å². The van der Waals surface area contributed by atoms with E-state index >= 15 is 0 Å². The van der Waals surface area contributed by atoms with Crippen LogP contribution in [0.5, 0.6) is 0 Å². The summed E-state index contributed by atoms with van der Waals surface area (Å²) >= 11 is 0. The average molecular weight is 177 g/mol. The van der Waals surface area contributed by atoms with E-state index in [1.807, 2.05) is 44.2 Å². The Morgan fingerprint density at radius 3 is 2.15 bits per heavy atom. The Morgan fingerprint density at radius 2 is 1.77 bits per heavy atom. The molecule has 1 rings (SSSR count). The summed E-state index contributed by atoms with van der Waals surface area (Å²) in [5, 5.41) is 3.72. The molecule has 0 saturated carbocycles. The highest BCUT2D eigenvalue weighted by Gasteiger charge is 2.20.